The number of carbonyl (C=O) groups excluding carboxylic acids is 2. The first-order valence-electron chi connectivity index (χ1n) is 5.75. The van der Waals surface area contributed by atoms with Crippen LogP contribution in [0, 0.1) is 5.92 Å². The van der Waals surface area contributed by atoms with Crippen LogP contribution in [0.3, 0.4) is 0 Å². The molecule has 1 saturated heterocycles. The lowest BCUT2D eigenvalue weighted by molar-refractivity contribution is -0.148. The maximum absolute atomic E-state index is 11.6. The molecule has 3 nitrogen and oxygen atoms in total. The summed E-state index contributed by atoms with van der Waals surface area (Å²) in [7, 11) is 0. The van der Waals surface area contributed by atoms with Crippen molar-refractivity contribution in [2.45, 2.75) is 38.5 Å². The minimum absolute atomic E-state index is 0.0285. The Morgan fingerprint density at radius 2 is 1.93 bits per heavy atom. The van der Waals surface area contributed by atoms with E-state index >= 15 is 0 Å². The maximum atomic E-state index is 11.6. The summed E-state index contributed by atoms with van der Waals surface area (Å²) in [4.78, 5) is 24.6. The molecule has 2 aliphatic rings. The molecule has 0 aromatic heterocycles. The number of carbonyl (C=O) groups is 2. The molecule has 1 aliphatic heterocycles. The third kappa shape index (κ3) is 2.46. The highest BCUT2D eigenvalue weighted by atomic mass is 16.2. The van der Waals surface area contributed by atoms with E-state index in [2.05, 4.69) is 12.2 Å². The van der Waals surface area contributed by atoms with Crippen LogP contribution in [-0.4, -0.2) is 23.3 Å². The Labute approximate surface area is 90.1 Å². The second-order valence-corrected chi connectivity index (χ2v) is 4.40. The topological polar surface area (TPSA) is 37.4 Å². The first-order valence-corrected chi connectivity index (χ1v) is 5.75. The van der Waals surface area contributed by atoms with Crippen LogP contribution in [0.15, 0.2) is 12.2 Å². The highest BCUT2D eigenvalue weighted by Crippen LogP contribution is 2.22. The summed E-state index contributed by atoms with van der Waals surface area (Å²) in [5, 5.41) is 0. The van der Waals surface area contributed by atoms with Gasteiger partial charge in [-0.15, -0.1) is 0 Å². The quantitative estimate of drug-likeness (QED) is 0.512. The fourth-order valence-electron chi connectivity index (χ4n) is 2.28. The van der Waals surface area contributed by atoms with Gasteiger partial charge in [0.05, 0.1) is 0 Å². The van der Waals surface area contributed by atoms with Crippen LogP contribution < -0.4 is 0 Å². The second-order valence-electron chi connectivity index (χ2n) is 4.40. The number of piperidine rings is 1. The van der Waals surface area contributed by atoms with Gasteiger partial charge in [0.25, 0.3) is 0 Å². The summed E-state index contributed by atoms with van der Waals surface area (Å²) in [5.74, 6) is 0.544. The number of nitrogens with zero attached hydrogens (tertiary/aromatic N) is 1. The molecule has 0 aromatic carbocycles. The number of rotatable bonds is 2. The Hall–Kier alpha value is -1.12. The van der Waals surface area contributed by atoms with Gasteiger partial charge in [-0.05, 0) is 31.6 Å². The molecule has 0 radical (unpaired) electrons. The lowest BCUT2D eigenvalue weighted by Gasteiger charge is -2.29. The predicted molar refractivity (Wildman–Crippen MR) is 57.1 cm³/mol. The normalized spacial score (nSPS) is 27.2. The summed E-state index contributed by atoms with van der Waals surface area (Å²) in [6, 6.07) is 0. The highest BCUT2D eigenvalue weighted by molar-refractivity contribution is 5.97. The summed E-state index contributed by atoms with van der Waals surface area (Å²) in [5.41, 5.74) is 0. The van der Waals surface area contributed by atoms with Gasteiger partial charge in [-0.1, -0.05) is 12.2 Å². The molecule has 2 amide bonds. The number of allylic oxidation sites excluding steroid dienone is 2. The Kier molecular flexibility index (Phi) is 3.19. The molecule has 1 fully saturated rings. The van der Waals surface area contributed by atoms with Gasteiger partial charge in [-0.25, -0.2) is 0 Å². The first-order chi connectivity index (χ1) is 7.27. The van der Waals surface area contributed by atoms with Crippen LogP contribution in [0.1, 0.15) is 38.5 Å². The van der Waals surface area contributed by atoms with E-state index in [1.807, 2.05) is 0 Å². The molecule has 1 aliphatic carbocycles. The lowest BCUT2D eigenvalue weighted by Crippen LogP contribution is -2.43. The fraction of sp³-hybridized carbons (Fsp3) is 0.667. The zero-order valence-electron chi connectivity index (χ0n) is 8.95. The van der Waals surface area contributed by atoms with Crippen LogP contribution in [0.2, 0.25) is 0 Å². The SMILES string of the molecule is O=C1CCCC(=O)N1CC1CC=CCC1. The molecule has 82 valence electrons. The van der Waals surface area contributed by atoms with Gasteiger partial charge in [-0.3, -0.25) is 14.5 Å². The molecule has 1 unspecified atom stereocenters. The molecule has 0 aromatic rings. The minimum Gasteiger partial charge on any atom is -0.282 e. The van der Waals surface area contributed by atoms with Crippen molar-refractivity contribution in [3.05, 3.63) is 12.2 Å². The Morgan fingerprint density at radius 1 is 1.20 bits per heavy atom. The van der Waals surface area contributed by atoms with E-state index in [1.54, 1.807) is 0 Å². The van der Waals surface area contributed by atoms with Crippen LogP contribution in [0.25, 0.3) is 0 Å². The molecule has 15 heavy (non-hydrogen) atoms. The van der Waals surface area contributed by atoms with Gasteiger partial charge in [0.2, 0.25) is 11.8 Å². The Morgan fingerprint density at radius 3 is 2.53 bits per heavy atom. The van der Waals surface area contributed by atoms with Crippen molar-refractivity contribution < 1.29 is 9.59 Å². The monoisotopic (exact) mass is 207 g/mol. The minimum atomic E-state index is 0.0285. The van der Waals surface area contributed by atoms with Crippen molar-refractivity contribution in [1.29, 1.82) is 0 Å². The fourth-order valence-corrected chi connectivity index (χ4v) is 2.28. The molecule has 1 atom stereocenters. The van der Waals surface area contributed by atoms with Crippen LogP contribution >= 0.6 is 0 Å². The highest BCUT2D eigenvalue weighted by Gasteiger charge is 2.27. The number of likely N-dealkylation sites (tertiary alicyclic amines) is 1. The average molecular weight is 207 g/mol. The van der Waals surface area contributed by atoms with Gasteiger partial charge < -0.3 is 0 Å². The van der Waals surface area contributed by atoms with Gasteiger partial charge in [0.1, 0.15) is 0 Å². The summed E-state index contributed by atoms with van der Waals surface area (Å²) in [6.07, 6.45) is 9.37. The van der Waals surface area contributed by atoms with E-state index in [1.165, 1.54) is 4.90 Å². The summed E-state index contributed by atoms with van der Waals surface area (Å²) < 4.78 is 0. The van der Waals surface area contributed by atoms with Gasteiger partial charge in [-0.2, -0.15) is 0 Å². The third-order valence-corrected chi connectivity index (χ3v) is 3.20. The molecule has 0 saturated carbocycles. The predicted octanol–water partition coefficient (Wildman–Crippen LogP) is 1.88. The van der Waals surface area contributed by atoms with E-state index < -0.39 is 0 Å². The van der Waals surface area contributed by atoms with Crippen molar-refractivity contribution in [2.75, 3.05) is 6.54 Å². The van der Waals surface area contributed by atoms with Crippen molar-refractivity contribution in [3.8, 4) is 0 Å². The zero-order chi connectivity index (χ0) is 10.7. The Balaban J connectivity index is 1.93. The average Bonchev–Trinajstić information content (AvgIpc) is 2.25. The van der Waals surface area contributed by atoms with Crippen LogP contribution in [0.5, 0.6) is 0 Å². The largest absolute Gasteiger partial charge is 0.282 e. The first kappa shape index (κ1) is 10.4. The molecular weight excluding hydrogens is 190 g/mol. The maximum Gasteiger partial charge on any atom is 0.229 e. The van der Waals surface area contributed by atoms with E-state index in [-0.39, 0.29) is 11.8 Å². The summed E-state index contributed by atoms with van der Waals surface area (Å²) in [6.45, 7) is 0.641. The zero-order valence-corrected chi connectivity index (χ0v) is 8.95. The van der Waals surface area contributed by atoms with Crippen molar-refractivity contribution in [2.24, 2.45) is 5.92 Å². The molecule has 2 rings (SSSR count). The third-order valence-electron chi connectivity index (χ3n) is 3.20. The van der Waals surface area contributed by atoms with E-state index in [0.29, 0.717) is 25.3 Å². The molecule has 1 heterocycles. The molecule has 0 N–H and O–H groups in total. The molecule has 0 bridgehead atoms. The van der Waals surface area contributed by atoms with E-state index in [0.717, 1.165) is 25.7 Å². The standard InChI is InChI=1S/C12H17NO2/c14-11-7-4-8-12(15)13(11)9-10-5-2-1-3-6-10/h1-2,10H,3-9H2. The molecule has 3 heteroatoms. The number of hydrogen-bond acceptors (Lipinski definition) is 2. The number of imide groups is 1. The Bertz CT molecular complexity index is 280. The lowest BCUT2D eigenvalue weighted by atomic mass is 9.93. The van der Waals surface area contributed by atoms with Gasteiger partial charge in [0, 0.05) is 19.4 Å². The van der Waals surface area contributed by atoms with Crippen molar-refractivity contribution >= 4 is 11.8 Å². The molecule has 0 spiro atoms. The number of amides is 2. The van der Waals surface area contributed by atoms with E-state index in [9.17, 15) is 9.59 Å². The second kappa shape index (κ2) is 4.60. The summed E-state index contributed by atoms with van der Waals surface area (Å²) >= 11 is 0. The van der Waals surface area contributed by atoms with Gasteiger partial charge in [0.15, 0.2) is 0 Å². The smallest absolute Gasteiger partial charge is 0.229 e. The molecular formula is C12H17NO2. The van der Waals surface area contributed by atoms with Gasteiger partial charge >= 0.3 is 0 Å². The van der Waals surface area contributed by atoms with Crippen LogP contribution in [-0.2, 0) is 9.59 Å². The van der Waals surface area contributed by atoms with Crippen LogP contribution in [0.4, 0.5) is 0 Å². The number of hydrogen-bond donors (Lipinski definition) is 0. The van der Waals surface area contributed by atoms with Crippen molar-refractivity contribution in [3.63, 3.8) is 0 Å². The van der Waals surface area contributed by atoms with E-state index in [4.69, 9.17) is 0 Å². The van der Waals surface area contributed by atoms with Crippen molar-refractivity contribution in [1.82, 2.24) is 4.90 Å².